The third-order valence-electron chi connectivity index (χ3n) is 12.8. The summed E-state index contributed by atoms with van der Waals surface area (Å²) in [6, 6.07) is 34.8. The van der Waals surface area contributed by atoms with Crippen molar-refractivity contribution in [3.8, 4) is 22.4 Å². The van der Waals surface area contributed by atoms with Crippen LogP contribution in [-0.2, 0) is 15.5 Å². The third-order valence-corrected chi connectivity index (χ3v) is 16.9. The number of nitrogens with zero attached hydrogens (tertiary/aromatic N) is 6. The van der Waals surface area contributed by atoms with E-state index in [0.29, 0.717) is 88.9 Å². The molecule has 0 amide bonds. The van der Waals surface area contributed by atoms with Crippen LogP contribution in [0.3, 0.4) is 0 Å². The molecule has 68 heavy (non-hydrogen) atoms. The number of anilines is 3. The summed E-state index contributed by atoms with van der Waals surface area (Å²) in [4.78, 5) is 32.7. The first kappa shape index (κ1) is 48.8. The summed E-state index contributed by atoms with van der Waals surface area (Å²) in [5.41, 5.74) is 6.00. The summed E-state index contributed by atoms with van der Waals surface area (Å²) in [5, 5.41) is 24.0. The lowest BCUT2D eigenvalue weighted by Crippen LogP contribution is -2.46. The van der Waals surface area contributed by atoms with E-state index in [0.717, 1.165) is 34.9 Å². The molecule has 0 bridgehead atoms. The molecule has 8 rings (SSSR count). The number of rotatable bonds is 17. The number of carboxylic acids is 1. The maximum Gasteiger partial charge on any atom is 0.338 e. The monoisotopic (exact) mass is 978 g/mol. The zero-order valence-electron chi connectivity index (χ0n) is 39.0. The first-order chi connectivity index (χ1) is 32.6. The van der Waals surface area contributed by atoms with Gasteiger partial charge in [0, 0.05) is 87.8 Å². The first-order valence-electron chi connectivity index (χ1n) is 22.9. The number of aromatic carboxylic acids is 1. The van der Waals surface area contributed by atoms with Crippen LogP contribution < -0.4 is 19.8 Å². The van der Waals surface area contributed by atoms with Crippen LogP contribution >= 0.6 is 30.9 Å². The minimum absolute atomic E-state index is 0.0512. The third kappa shape index (κ3) is 10.5. The molecule has 0 aliphatic carbocycles. The van der Waals surface area contributed by atoms with E-state index in [-0.39, 0.29) is 34.7 Å². The molecule has 6 aromatic rings. The average molecular weight is 980 g/mol. The van der Waals surface area contributed by atoms with Crippen LogP contribution in [0.4, 0.5) is 27.1 Å². The second kappa shape index (κ2) is 20.9. The van der Waals surface area contributed by atoms with Crippen molar-refractivity contribution in [1.29, 1.82) is 0 Å². The van der Waals surface area contributed by atoms with Crippen molar-refractivity contribution in [3.05, 3.63) is 153 Å². The Morgan fingerprint density at radius 2 is 1.54 bits per heavy atom. The topological polar surface area (TPSA) is 125 Å². The molecule has 2 aliphatic rings. The number of hydrogen-bond donors (Lipinski definition) is 1. The summed E-state index contributed by atoms with van der Waals surface area (Å²) in [6.45, 7) is 9.64. The number of benzene rings is 5. The van der Waals surface area contributed by atoms with Gasteiger partial charge < -0.3 is 28.9 Å². The van der Waals surface area contributed by atoms with Gasteiger partial charge in [0.25, 0.3) is 5.69 Å². The number of hydrogen-bond acceptors (Lipinski definition) is 9. The molecular weight excluding hydrogens is 922 g/mol. The van der Waals surface area contributed by atoms with Gasteiger partial charge in [0.1, 0.15) is 5.82 Å². The van der Waals surface area contributed by atoms with Gasteiger partial charge in [0.05, 0.1) is 34.6 Å². The van der Waals surface area contributed by atoms with E-state index in [9.17, 15) is 24.6 Å². The average Bonchev–Trinajstić information content (AvgIpc) is 3.88. The van der Waals surface area contributed by atoms with Gasteiger partial charge in [-0.3, -0.25) is 19.3 Å². The fourth-order valence-corrected chi connectivity index (χ4v) is 12.9. The van der Waals surface area contributed by atoms with Crippen molar-refractivity contribution >= 4 is 64.9 Å². The lowest BCUT2D eigenvalue weighted by molar-refractivity contribution is -0.385. The summed E-state index contributed by atoms with van der Waals surface area (Å²) in [5.74, 6) is -0.556. The molecule has 0 radical (unpaired) electrons. The van der Waals surface area contributed by atoms with Gasteiger partial charge in [-0.05, 0) is 144 Å². The van der Waals surface area contributed by atoms with Crippen molar-refractivity contribution in [1.82, 2.24) is 9.47 Å². The van der Waals surface area contributed by atoms with Gasteiger partial charge in [0.2, 0.25) is 0 Å². The van der Waals surface area contributed by atoms with Crippen molar-refractivity contribution in [2.24, 2.45) is 5.92 Å². The van der Waals surface area contributed by atoms with E-state index in [1.54, 1.807) is 47.6 Å². The van der Waals surface area contributed by atoms with Crippen LogP contribution in [0.5, 0.6) is 0 Å². The van der Waals surface area contributed by atoms with E-state index in [1.165, 1.54) is 18.2 Å². The largest absolute Gasteiger partial charge is 0.478 e. The molecule has 12 nitrogen and oxygen atoms in total. The molecule has 0 unspecified atom stereocenters. The predicted octanol–water partition coefficient (Wildman–Crippen LogP) is 11.7. The van der Waals surface area contributed by atoms with Crippen LogP contribution in [0, 0.1) is 28.8 Å². The van der Waals surface area contributed by atoms with Crippen molar-refractivity contribution < 1.29 is 28.3 Å². The number of carbonyl (C=O) groups is 1. The zero-order valence-corrected chi connectivity index (χ0v) is 41.4. The van der Waals surface area contributed by atoms with Gasteiger partial charge >= 0.3 is 13.5 Å². The van der Waals surface area contributed by atoms with Crippen molar-refractivity contribution in [2.75, 3.05) is 80.2 Å². The molecule has 1 N–H and O–H groups in total. The van der Waals surface area contributed by atoms with Crippen LogP contribution in [0.2, 0.25) is 5.02 Å². The second-order valence-corrected chi connectivity index (χ2v) is 21.8. The highest BCUT2D eigenvalue weighted by Gasteiger charge is 2.41. The smallest absolute Gasteiger partial charge is 0.338 e. The minimum atomic E-state index is -3.68. The second-order valence-electron chi connectivity index (χ2n) is 18.0. The standard InChI is InChI=1S/C52H57ClFN6O6PS/c1-35(2)59-36(3)49(52(61)62)50(51(59)38-11-14-41(53)15-12-38)40-30-42(54)32-45(31-40)57-25-23-56(24-26-57)43-16-18-44(19-17-43)58-27-28-66-67(58,65)46-20-13-39(48(33-46)60(63)64)29-37(21-22-55(4)5)34-68-47-9-7-6-8-10-47/h6-20,30-33,35,37H,21-29,34H2,1-5H3,(H,61,62)/t37-,67-/m0/s1. The minimum Gasteiger partial charge on any atom is -0.478 e. The number of nitro benzene ring substituents is 1. The molecule has 3 heterocycles. The lowest BCUT2D eigenvalue weighted by Gasteiger charge is -2.37. The molecule has 0 saturated carbocycles. The number of carboxylic acid groups (broad SMARTS) is 1. The maximum atomic E-state index is 15.7. The van der Waals surface area contributed by atoms with E-state index in [2.05, 4.69) is 26.8 Å². The Balaban J connectivity index is 0.978. The van der Waals surface area contributed by atoms with E-state index in [1.807, 2.05) is 93.2 Å². The fraction of sp³-hybridized carbons (Fsp3) is 0.327. The molecule has 2 aliphatic heterocycles. The number of nitro groups is 1. The number of halogens is 2. The maximum absolute atomic E-state index is 15.7. The van der Waals surface area contributed by atoms with E-state index >= 15 is 4.39 Å². The molecule has 5 aromatic carbocycles. The Hall–Kier alpha value is -5.63. The Labute approximate surface area is 406 Å². The van der Waals surface area contributed by atoms with Crippen LogP contribution in [0.25, 0.3) is 22.4 Å². The Morgan fingerprint density at radius 3 is 2.18 bits per heavy atom. The van der Waals surface area contributed by atoms with Crippen LogP contribution in [-0.4, -0.2) is 91.2 Å². The molecular formula is C52H57ClFN6O6PS. The predicted molar refractivity (Wildman–Crippen MR) is 274 cm³/mol. The first-order valence-corrected chi connectivity index (χ1v) is 25.8. The molecule has 0 spiro atoms. The summed E-state index contributed by atoms with van der Waals surface area (Å²) < 4.78 is 40.2. The van der Waals surface area contributed by atoms with Crippen LogP contribution in [0.1, 0.15) is 47.9 Å². The highest BCUT2D eigenvalue weighted by molar-refractivity contribution is 7.99. The molecule has 2 fully saturated rings. The van der Waals surface area contributed by atoms with Crippen molar-refractivity contribution in [3.63, 3.8) is 0 Å². The SMILES string of the molecule is Cc1c(C(=O)O)c(-c2cc(F)cc(N3CCN(c4ccc(N5CCO[P@@]5(=O)c5ccc(C[C@H](CCN(C)C)CSc6ccccc6)c([N+](=O)[O-])c5)cc4)CC3)c2)c(-c2ccc(Cl)cc2)n1C(C)C. The van der Waals surface area contributed by atoms with Gasteiger partial charge in [-0.25, -0.2) is 9.18 Å². The van der Waals surface area contributed by atoms with Crippen LogP contribution in [0.15, 0.2) is 120 Å². The quantitative estimate of drug-likeness (QED) is 0.0406. The normalized spacial score (nSPS) is 16.8. The summed E-state index contributed by atoms with van der Waals surface area (Å²) >= 11 is 8.00. The Morgan fingerprint density at radius 1 is 0.882 bits per heavy atom. The van der Waals surface area contributed by atoms with Crippen molar-refractivity contribution in [2.45, 2.75) is 44.6 Å². The summed E-state index contributed by atoms with van der Waals surface area (Å²) in [7, 11) is 0.369. The zero-order chi connectivity index (χ0) is 48.3. The fourth-order valence-electron chi connectivity index (χ4n) is 9.49. The molecule has 1 aromatic heterocycles. The molecule has 16 heteroatoms. The van der Waals surface area contributed by atoms with Gasteiger partial charge in [-0.1, -0.05) is 48.0 Å². The Bertz CT molecular complexity index is 2820. The number of thioether (sulfide) groups is 1. The molecule has 356 valence electrons. The van der Waals surface area contributed by atoms with Gasteiger partial charge in [-0.2, -0.15) is 0 Å². The molecule has 2 saturated heterocycles. The number of piperazine rings is 1. The van der Waals surface area contributed by atoms with E-state index in [4.69, 9.17) is 16.1 Å². The Kier molecular flexibility index (Phi) is 15.0. The molecule has 2 atom stereocenters. The van der Waals surface area contributed by atoms with Gasteiger partial charge in [0.15, 0.2) is 0 Å². The van der Waals surface area contributed by atoms with Gasteiger partial charge in [-0.15, -0.1) is 11.8 Å². The highest BCUT2D eigenvalue weighted by Crippen LogP contribution is 2.56. The lowest BCUT2D eigenvalue weighted by atomic mass is 9.96. The van der Waals surface area contributed by atoms with E-state index < -0.39 is 19.3 Å². The number of aromatic nitrogens is 1. The summed E-state index contributed by atoms with van der Waals surface area (Å²) in [6.07, 6.45) is 1.39. The highest BCUT2D eigenvalue weighted by atomic mass is 35.5.